The summed E-state index contributed by atoms with van der Waals surface area (Å²) in [7, 11) is 0. The van der Waals surface area contributed by atoms with E-state index >= 15 is 0 Å². The van der Waals surface area contributed by atoms with Gasteiger partial charge in [-0.1, -0.05) is 19.4 Å². The lowest BCUT2D eigenvalue weighted by Gasteiger charge is -2.39. The molecule has 2 aromatic rings. The van der Waals surface area contributed by atoms with E-state index < -0.39 is 0 Å². The van der Waals surface area contributed by atoms with Crippen molar-refractivity contribution in [3.8, 4) is 5.75 Å². The fourth-order valence-electron chi connectivity index (χ4n) is 5.21. The predicted octanol–water partition coefficient (Wildman–Crippen LogP) is 5.49. The van der Waals surface area contributed by atoms with Gasteiger partial charge >= 0.3 is 5.63 Å². The van der Waals surface area contributed by atoms with Crippen LogP contribution >= 0.6 is 0 Å². The molecule has 28 heavy (non-hydrogen) atoms. The first-order valence-corrected chi connectivity index (χ1v) is 10.3. The number of ether oxygens (including phenoxy) is 2. The number of rotatable bonds is 6. The van der Waals surface area contributed by atoms with Gasteiger partial charge in [0.05, 0.1) is 11.7 Å². The molecule has 1 aromatic carbocycles. The Bertz CT molecular complexity index is 950. The number of fused-ring (bicyclic) bond motifs is 3. The summed E-state index contributed by atoms with van der Waals surface area (Å²) in [6.45, 7) is 9.72. The molecule has 0 saturated carbocycles. The van der Waals surface area contributed by atoms with Crippen LogP contribution in [0, 0.1) is 11.3 Å². The highest BCUT2D eigenvalue weighted by Crippen LogP contribution is 2.59. The monoisotopic (exact) mass is 382 g/mol. The average Bonchev–Trinajstić information content (AvgIpc) is 3.12. The van der Waals surface area contributed by atoms with E-state index in [1.165, 1.54) is 24.5 Å². The Morgan fingerprint density at radius 2 is 2.04 bits per heavy atom. The topological polar surface area (TPSA) is 48.7 Å². The van der Waals surface area contributed by atoms with E-state index in [0.29, 0.717) is 30.0 Å². The van der Waals surface area contributed by atoms with Gasteiger partial charge in [0.25, 0.3) is 0 Å². The lowest BCUT2D eigenvalue weighted by atomic mass is 9.62. The zero-order valence-electron chi connectivity index (χ0n) is 17.3. The van der Waals surface area contributed by atoms with Crippen LogP contribution in [0.2, 0.25) is 0 Å². The fraction of sp³-hybridized carbons (Fsp3) is 0.542. The molecule has 4 rings (SSSR count). The van der Waals surface area contributed by atoms with Gasteiger partial charge < -0.3 is 13.9 Å². The Morgan fingerprint density at radius 1 is 1.25 bits per heavy atom. The van der Waals surface area contributed by atoms with Crippen LogP contribution in [0.1, 0.15) is 53.4 Å². The first-order valence-electron chi connectivity index (χ1n) is 10.3. The molecule has 3 atom stereocenters. The molecule has 0 amide bonds. The number of hydrogen-bond donors (Lipinski definition) is 0. The molecule has 1 aromatic heterocycles. The molecule has 1 unspecified atom stereocenters. The third-order valence-electron chi connectivity index (χ3n) is 6.88. The van der Waals surface area contributed by atoms with Gasteiger partial charge in [0, 0.05) is 17.5 Å². The zero-order chi connectivity index (χ0) is 19.9. The maximum Gasteiger partial charge on any atom is 0.336 e. The molecular weight excluding hydrogens is 352 g/mol. The van der Waals surface area contributed by atoms with Crippen LogP contribution in [0.25, 0.3) is 11.0 Å². The molecule has 2 saturated heterocycles. The molecule has 0 aliphatic carbocycles. The summed E-state index contributed by atoms with van der Waals surface area (Å²) in [5, 5.41) is 0.892. The smallest absolute Gasteiger partial charge is 0.336 e. The van der Waals surface area contributed by atoms with Gasteiger partial charge in [0.1, 0.15) is 17.9 Å². The second-order valence-corrected chi connectivity index (χ2v) is 9.19. The summed E-state index contributed by atoms with van der Waals surface area (Å²) in [6, 6.07) is 8.77. The van der Waals surface area contributed by atoms with E-state index in [0.717, 1.165) is 18.2 Å². The Hall–Kier alpha value is -2.07. The molecule has 0 spiro atoms. The lowest BCUT2D eigenvalue weighted by Crippen LogP contribution is -2.40. The van der Waals surface area contributed by atoms with Crippen LogP contribution in [0.15, 0.2) is 51.2 Å². The molecule has 150 valence electrons. The Balaban J connectivity index is 1.33. The average molecular weight is 383 g/mol. The molecule has 2 fully saturated rings. The van der Waals surface area contributed by atoms with Crippen molar-refractivity contribution in [1.29, 1.82) is 0 Å². The summed E-state index contributed by atoms with van der Waals surface area (Å²) in [5.74, 6) is 1.31. The highest BCUT2D eigenvalue weighted by atomic mass is 16.5. The third kappa shape index (κ3) is 3.50. The van der Waals surface area contributed by atoms with E-state index in [9.17, 15) is 4.79 Å². The van der Waals surface area contributed by atoms with Gasteiger partial charge in [0.15, 0.2) is 0 Å². The van der Waals surface area contributed by atoms with E-state index in [1.54, 1.807) is 12.1 Å². The summed E-state index contributed by atoms with van der Waals surface area (Å²) in [5.41, 5.74) is 1.87. The van der Waals surface area contributed by atoms with Crippen LogP contribution in [0.5, 0.6) is 5.75 Å². The molecule has 2 aliphatic rings. The summed E-state index contributed by atoms with van der Waals surface area (Å²) in [4.78, 5) is 11.4. The van der Waals surface area contributed by atoms with E-state index in [-0.39, 0.29) is 16.6 Å². The van der Waals surface area contributed by atoms with E-state index in [1.807, 2.05) is 12.1 Å². The SMILES string of the molecule is C/C(=C\COc1ccc2ccc(=O)oc2c1)CC[C@H]1C2(C)CC[C@@H](O2)C1(C)C. The Labute approximate surface area is 166 Å². The van der Waals surface area contributed by atoms with Crippen molar-refractivity contribution in [2.45, 2.75) is 65.1 Å². The minimum absolute atomic E-state index is 0.0555. The molecule has 4 nitrogen and oxygen atoms in total. The first-order chi connectivity index (χ1) is 13.3. The number of hydrogen-bond acceptors (Lipinski definition) is 4. The molecule has 0 N–H and O–H groups in total. The largest absolute Gasteiger partial charge is 0.489 e. The summed E-state index contributed by atoms with van der Waals surface area (Å²) < 4.78 is 17.4. The van der Waals surface area contributed by atoms with Crippen molar-refractivity contribution in [2.75, 3.05) is 6.61 Å². The van der Waals surface area contributed by atoms with Gasteiger partial charge in [0.2, 0.25) is 0 Å². The molecule has 2 bridgehead atoms. The summed E-state index contributed by atoms with van der Waals surface area (Å²) >= 11 is 0. The second kappa shape index (κ2) is 7.07. The van der Waals surface area contributed by atoms with E-state index in [2.05, 4.69) is 33.8 Å². The van der Waals surface area contributed by atoms with Crippen LogP contribution < -0.4 is 10.4 Å². The lowest BCUT2D eigenvalue weighted by molar-refractivity contribution is 0.00469. The van der Waals surface area contributed by atoms with Crippen LogP contribution in [-0.2, 0) is 4.74 Å². The first kappa shape index (κ1) is 19.3. The maximum absolute atomic E-state index is 11.4. The molecule has 4 heteroatoms. The van der Waals surface area contributed by atoms with Gasteiger partial charge in [-0.15, -0.1) is 0 Å². The molecule has 2 aliphatic heterocycles. The molecule has 3 heterocycles. The maximum atomic E-state index is 11.4. The Kier molecular flexibility index (Phi) is 4.86. The molecular formula is C24H30O4. The second-order valence-electron chi connectivity index (χ2n) is 9.19. The number of benzene rings is 1. The van der Waals surface area contributed by atoms with Crippen molar-refractivity contribution in [3.63, 3.8) is 0 Å². The predicted molar refractivity (Wildman–Crippen MR) is 111 cm³/mol. The number of allylic oxidation sites excluding steroid dienone is 1. The third-order valence-corrected chi connectivity index (χ3v) is 6.88. The summed E-state index contributed by atoms with van der Waals surface area (Å²) in [6.07, 6.45) is 7.18. The quantitative estimate of drug-likeness (QED) is 0.489. The van der Waals surface area contributed by atoms with Crippen molar-refractivity contribution in [3.05, 3.63) is 52.4 Å². The van der Waals surface area contributed by atoms with Crippen LogP contribution in [0.4, 0.5) is 0 Å². The minimum atomic E-state index is -0.346. The Morgan fingerprint density at radius 3 is 2.79 bits per heavy atom. The van der Waals surface area contributed by atoms with Gasteiger partial charge in [-0.25, -0.2) is 4.79 Å². The standard InChI is InChI=1S/C24H30O4/c1-16(5-9-20-23(2,3)21-11-13-24(20,4)28-21)12-14-26-18-8-6-17-7-10-22(25)27-19(17)15-18/h6-8,10,12,15,20-21H,5,9,11,13-14H2,1-4H3/b16-12+/t20-,21-,24?/m1/s1. The van der Waals surface area contributed by atoms with Gasteiger partial charge in [-0.3, -0.25) is 0 Å². The van der Waals surface area contributed by atoms with Crippen molar-refractivity contribution in [2.24, 2.45) is 11.3 Å². The van der Waals surface area contributed by atoms with Crippen LogP contribution in [0.3, 0.4) is 0 Å². The minimum Gasteiger partial charge on any atom is -0.489 e. The fourth-order valence-corrected chi connectivity index (χ4v) is 5.21. The highest BCUT2D eigenvalue weighted by Gasteiger charge is 2.60. The van der Waals surface area contributed by atoms with Crippen molar-refractivity contribution >= 4 is 11.0 Å². The van der Waals surface area contributed by atoms with Crippen molar-refractivity contribution in [1.82, 2.24) is 0 Å². The van der Waals surface area contributed by atoms with Gasteiger partial charge in [-0.2, -0.15) is 0 Å². The van der Waals surface area contributed by atoms with Crippen molar-refractivity contribution < 1.29 is 13.9 Å². The van der Waals surface area contributed by atoms with Crippen LogP contribution in [-0.4, -0.2) is 18.3 Å². The van der Waals surface area contributed by atoms with Gasteiger partial charge in [-0.05, 0) is 75.1 Å². The zero-order valence-corrected chi connectivity index (χ0v) is 17.3. The molecule has 0 radical (unpaired) electrons. The highest BCUT2D eigenvalue weighted by molar-refractivity contribution is 5.77. The normalized spacial score (nSPS) is 28.8. The van der Waals surface area contributed by atoms with E-state index in [4.69, 9.17) is 13.9 Å².